The van der Waals surface area contributed by atoms with Crippen LogP contribution in [0, 0.1) is 5.82 Å². The van der Waals surface area contributed by atoms with E-state index in [1.165, 1.54) is 6.92 Å². The quantitative estimate of drug-likeness (QED) is 0.639. The Kier molecular flexibility index (Phi) is 4.20. The van der Waals surface area contributed by atoms with E-state index in [2.05, 4.69) is 0 Å². The van der Waals surface area contributed by atoms with Gasteiger partial charge in [-0.05, 0) is 19.1 Å². The van der Waals surface area contributed by atoms with Crippen LogP contribution in [0.25, 0.3) is 0 Å². The number of hydrogen-bond donors (Lipinski definition) is 2. The molecule has 0 aromatic heterocycles. The van der Waals surface area contributed by atoms with Gasteiger partial charge in [-0.1, -0.05) is 6.07 Å². The molecule has 0 radical (unpaired) electrons. The van der Waals surface area contributed by atoms with Crippen molar-refractivity contribution in [1.82, 2.24) is 0 Å². The van der Waals surface area contributed by atoms with Gasteiger partial charge in [0.1, 0.15) is 5.82 Å². The molecule has 1 rings (SSSR count). The highest BCUT2D eigenvalue weighted by Gasteiger charge is 2.25. The molecular formula is C11H10ClFO4. The van der Waals surface area contributed by atoms with E-state index in [0.717, 1.165) is 18.2 Å². The molecule has 0 aliphatic heterocycles. The fourth-order valence-electron chi connectivity index (χ4n) is 1.33. The number of halogens is 2. The van der Waals surface area contributed by atoms with Gasteiger partial charge in [0.25, 0.3) is 0 Å². The fourth-order valence-corrected chi connectivity index (χ4v) is 1.45. The predicted molar refractivity (Wildman–Crippen MR) is 58.6 cm³/mol. The summed E-state index contributed by atoms with van der Waals surface area (Å²) in [7, 11) is 0. The Morgan fingerprint density at radius 2 is 2.00 bits per heavy atom. The van der Waals surface area contributed by atoms with Crippen LogP contribution in [0.2, 0.25) is 0 Å². The van der Waals surface area contributed by atoms with Crippen molar-refractivity contribution in [3.05, 3.63) is 35.1 Å². The average molecular weight is 261 g/mol. The molecule has 4 nitrogen and oxygen atoms in total. The number of benzene rings is 1. The molecule has 17 heavy (non-hydrogen) atoms. The second-order valence-electron chi connectivity index (χ2n) is 3.45. The van der Waals surface area contributed by atoms with Gasteiger partial charge in [0, 0.05) is 11.1 Å². The van der Waals surface area contributed by atoms with Crippen LogP contribution in [0.4, 0.5) is 4.39 Å². The van der Waals surface area contributed by atoms with Crippen LogP contribution in [-0.2, 0) is 4.79 Å². The third-order valence-electron chi connectivity index (χ3n) is 2.17. The van der Waals surface area contributed by atoms with Crippen LogP contribution in [0.1, 0.15) is 28.9 Å². The van der Waals surface area contributed by atoms with Crippen molar-refractivity contribution in [2.24, 2.45) is 0 Å². The Labute approximate surface area is 102 Å². The van der Waals surface area contributed by atoms with Crippen molar-refractivity contribution in [2.75, 3.05) is 0 Å². The van der Waals surface area contributed by atoms with Gasteiger partial charge in [-0.3, -0.25) is 4.79 Å². The molecule has 0 heterocycles. The Balaban J connectivity index is 3.31. The number of carboxylic acid groups (broad SMARTS) is 1. The zero-order chi connectivity index (χ0) is 13.2. The van der Waals surface area contributed by atoms with Crippen molar-refractivity contribution in [3.8, 4) is 0 Å². The first-order valence-electron chi connectivity index (χ1n) is 4.73. The monoisotopic (exact) mass is 260 g/mol. The first-order chi connectivity index (χ1) is 7.84. The van der Waals surface area contributed by atoms with E-state index >= 15 is 0 Å². The smallest absolute Gasteiger partial charge is 0.337 e. The van der Waals surface area contributed by atoms with Gasteiger partial charge in [-0.15, -0.1) is 11.6 Å². The first kappa shape index (κ1) is 13.6. The van der Waals surface area contributed by atoms with Gasteiger partial charge in [0.15, 0.2) is 11.9 Å². The highest BCUT2D eigenvalue weighted by atomic mass is 35.5. The minimum absolute atomic E-state index is 0.170. The molecule has 0 amide bonds. The van der Waals surface area contributed by atoms with Crippen LogP contribution in [0.15, 0.2) is 18.2 Å². The number of carbonyl (C=O) groups excluding carboxylic acids is 1. The molecule has 0 fully saturated rings. The Morgan fingerprint density at radius 1 is 1.41 bits per heavy atom. The standard InChI is InChI=1S/C11H10ClFO4/c1-5(12)9(14)8-4-6(13)2-3-7(8)10(15)11(16)17/h2-5,10,15H,1H3,(H,16,17). The van der Waals surface area contributed by atoms with Crippen LogP contribution < -0.4 is 0 Å². The number of ketones is 1. The van der Waals surface area contributed by atoms with Crippen LogP contribution in [-0.4, -0.2) is 27.3 Å². The highest BCUT2D eigenvalue weighted by Crippen LogP contribution is 2.22. The number of aliphatic carboxylic acids is 1. The Morgan fingerprint density at radius 3 is 2.47 bits per heavy atom. The maximum absolute atomic E-state index is 13.0. The summed E-state index contributed by atoms with van der Waals surface area (Å²) in [6.07, 6.45) is -1.88. The minimum Gasteiger partial charge on any atom is -0.479 e. The molecule has 0 bridgehead atoms. The lowest BCUT2D eigenvalue weighted by molar-refractivity contribution is -0.146. The third-order valence-corrected chi connectivity index (χ3v) is 2.37. The van der Waals surface area contributed by atoms with Gasteiger partial charge in [-0.2, -0.15) is 0 Å². The van der Waals surface area contributed by atoms with Gasteiger partial charge >= 0.3 is 5.97 Å². The molecule has 92 valence electrons. The van der Waals surface area contributed by atoms with Crippen molar-refractivity contribution in [1.29, 1.82) is 0 Å². The summed E-state index contributed by atoms with van der Waals surface area (Å²) in [5.74, 6) is -2.86. The van der Waals surface area contributed by atoms with Gasteiger partial charge in [0.2, 0.25) is 0 Å². The Hall–Kier alpha value is -1.46. The zero-order valence-corrected chi connectivity index (χ0v) is 9.61. The molecule has 0 spiro atoms. The summed E-state index contributed by atoms with van der Waals surface area (Å²) in [6, 6.07) is 2.89. The first-order valence-corrected chi connectivity index (χ1v) is 5.17. The van der Waals surface area contributed by atoms with Crippen LogP contribution in [0.5, 0.6) is 0 Å². The van der Waals surface area contributed by atoms with Crippen molar-refractivity contribution >= 4 is 23.4 Å². The maximum Gasteiger partial charge on any atom is 0.337 e. The lowest BCUT2D eigenvalue weighted by Gasteiger charge is -2.12. The number of carbonyl (C=O) groups is 2. The maximum atomic E-state index is 13.0. The summed E-state index contributed by atoms with van der Waals surface area (Å²) in [4.78, 5) is 22.3. The number of Topliss-reactive ketones (excluding diaryl/α,β-unsaturated/α-hetero) is 1. The molecule has 0 aliphatic rings. The van der Waals surface area contributed by atoms with E-state index in [1.54, 1.807) is 0 Å². The summed E-state index contributed by atoms with van der Waals surface area (Å²) in [6.45, 7) is 1.38. The molecule has 1 aromatic rings. The second kappa shape index (κ2) is 5.25. The van der Waals surface area contributed by atoms with E-state index in [4.69, 9.17) is 16.7 Å². The fraction of sp³-hybridized carbons (Fsp3) is 0.273. The molecule has 0 saturated heterocycles. The largest absolute Gasteiger partial charge is 0.479 e. The number of hydrogen-bond acceptors (Lipinski definition) is 3. The molecular weight excluding hydrogens is 251 g/mol. The van der Waals surface area contributed by atoms with Crippen molar-refractivity contribution in [3.63, 3.8) is 0 Å². The number of carboxylic acids is 1. The van der Waals surface area contributed by atoms with Crippen molar-refractivity contribution in [2.45, 2.75) is 18.4 Å². The van der Waals surface area contributed by atoms with Crippen LogP contribution >= 0.6 is 11.6 Å². The SMILES string of the molecule is CC(Cl)C(=O)c1cc(F)ccc1C(O)C(=O)O. The van der Waals surface area contributed by atoms with Crippen molar-refractivity contribution < 1.29 is 24.2 Å². The molecule has 2 unspecified atom stereocenters. The van der Waals surface area contributed by atoms with E-state index in [1.807, 2.05) is 0 Å². The third kappa shape index (κ3) is 3.01. The molecule has 2 N–H and O–H groups in total. The summed E-state index contributed by atoms with van der Waals surface area (Å²) < 4.78 is 13.0. The van der Waals surface area contributed by atoms with E-state index in [-0.39, 0.29) is 11.1 Å². The average Bonchev–Trinajstić information content (AvgIpc) is 2.26. The van der Waals surface area contributed by atoms with Gasteiger partial charge < -0.3 is 10.2 Å². The number of aliphatic hydroxyl groups excluding tert-OH is 1. The predicted octanol–water partition coefficient (Wildman–Crippen LogP) is 1.75. The summed E-state index contributed by atoms with van der Waals surface area (Å²) >= 11 is 5.57. The molecule has 2 atom stereocenters. The zero-order valence-electron chi connectivity index (χ0n) is 8.85. The lowest BCUT2D eigenvalue weighted by Crippen LogP contribution is -2.19. The highest BCUT2D eigenvalue weighted by molar-refractivity contribution is 6.33. The molecule has 1 aromatic carbocycles. The topological polar surface area (TPSA) is 74.6 Å². The second-order valence-corrected chi connectivity index (χ2v) is 4.11. The molecule has 0 aliphatic carbocycles. The minimum atomic E-state index is -1.88. The summed E-state index contributed by atoms with van der Waals surface area (Å²) in [5, 5.41) is 17.1. The summed E-state index contributed by atoms with van der Waals surface area (Å²) in [5.41, 5.74) is -0.390. The van der Waals surface area contributed by atoms with E-state index in [0.29, 0.717) is 0 Å². The van der Waals surface area contributed by atoms with E-state index in [9.17, 15) is 19.1 Å². The van der Waals surface area contributed by atoms with E-state index < -0.39 is 29.1 Å². The normalized spacial score (nSPS) is 14.1. The van der Waals surface area contributed by atoms with Crippen LogP contribution in [0.3, 0.4) is 0 Å². The van der Waals surface area contributed by atoms with Gasteiger partial charge in [0.05, 0.1) is 5.38 Å². The Bertz CT molecular complexity index is 459. The number of rotatable bonds is 4. The lowest BCUT2D eigenvalue weighted by atomic mass is 9.97. The number of alkyl halides is 1. The number of aliphatic hydroxyl groups is 1. The molecule has 0 saturated carbocycles. The molecule has 6 heteroatoms. The van der Waals surface area contributed by atoms with Gasteiger partial charge in [-0.25, -0.2) is 9.18 Å².